The zero-order valence-electron chi connectivity index (χ0n) is 12.5. The van der Waals surface area contributed by atoms with Crippen LogP contribution in [0.3, 0.4) is 0 Å². The van der Waals surface area contributed by atoms with Gasteiger partial charge >= 0.3 is 0 Å². The third-order valence-corrected chi connectivity index (χ3v) is 3.68. The van der Waals surface area contributed by atoms with Crippen LogP contribution in [0.25, 0.3) is 0 Å². The van der Waals surface area contributed by atoms with Gasteiger partial charge in [-0.3, -0.25) is 9.59 Å². The molecule has 0 amide bonds. The van der Waals surface area contributed by atoms with E-state index in [9.17, 15) is 14.7 Å². The maximum Gasteiger partial charge on any atom is 0.204 e. The highest BCUT2D eigenvalue weighted by atomic mass is 35.5. The number of anilines is 1. The zero-order chi connectivity index (χ0) is 17.0. The first kappa shape index (κ1) is 17.1. The molecule has 1 aromatic carbocycles. The largest absolute Gasteiger partial charge is 0.506 e. The minimum absolute atomic E-state index is 0.0676. The Hall–Kier alpha value is -2.31. The van der Waals surface area contributed by atoms with Gasteiger partial charge in [-0.2, -0.15) is 0 Å². The summed E-state index contributed by atoms with van der Waals surface area (Å²) in [6, 6.07) is 4.39. The highest BCUT2D eigenvalue weighted by Crippen LogP contribution is 2.27. The van der Waals surface area contributed by atoms with Gasteiger partial charge < -0.3 is 20.4 Å². The summed E-state index contributed by atoms with van der Waals surface area (Å²) in [6.45, 7) is 2.53. The van der Waals surface area contributed by atoms with Crippen molar-refractivity contribution >= 4 is 28.9 Å². The monoisotopic (exact) mass is 336 g/mol. The minimum atomic E-state index is -0.347. The van der Waals surface area contributed by atoms with Crippen molar-refractivity contribution in [2.75, 3.05) is 25.0 Å². The van der Waals surface area contributed by atoms with Gasteiger partial charge in [-0.1, -0.05) is 11.6 Å². The minimum Gasteiger partial charge on any atom is -0.506 e. The Morgan fingerprint density at radius 1 is 1.22 bits per heavy atom. The fourth-order valence-electron chi connectivity index (χ4n) is 2.20. The first-order valence-corrected chi connectivity index (χ1v) is 7.47. The highest BCUT2D eigenvalue weighted by Gasteiger charge is 2.23. The molecule has 0 heterocycles. The summed E-state index contributed by atoms with van der Waals surface area (Å²) >= 11 is 5.81. The Labute approximate surface area is 138 Å². The van der Waals surface area contributed by atoms with Gasteiger partial charge in [-0.15, -0.1) is 0 Å². The molecule has 122 valence electrons. The summed E-state index contributed by atoms with van der Waals surface area (Å²) in [6.07, 6.45) is 2.48. The predicted octanol–water partition coefficient (Wildman–Crippen LogP) is 1.69. The molecule has 0 spiro atoms. The number of aliphatic hydroxyl groups excluding tert-OH is 1. The molecule has 1 aromatic rings. The number of phenols is 1. The number of ketones is 2. The highest BCUT2D eigenvalue weighted by molar-refractivity contribution is 6.32. The first-order valence-electron chi connectivity index (χ1n) is 7.09. The molecule has 2 rings (SSSR count). The molecule has 1 aliphatic carbocycles. The quantitative estimate of drug-likeness (QED) is 0.541. The Kier molecular flexibility index (Phi) is 5.41. The number of nitrogens with zero attached hydrogens (tertiary/aromatic N) is 1. The molecule has 0 aliphatic heterocycles. The van der Waals surface area contributed by atoms with Crippen LogP contribution in [0.15, 0.2) is 41.7 Å². The van der Waals surface area contributed by atoms with E-state index in [0.29, 0.717) is 12.2 Å². The van der Waals surface area contributed by atoms with E-state index in [4.69, 9.17) is 16.7 Å². The van der Waals surface area contributed by atoms with Gasteiger partial charge in [0.1, 0.15) is 5.75 Å². The smallest absolute Gasteiger partial charge is 0.204 e. The molecule has 0 saturated heterocycles. The van der Waals surface area contributed by atoms with Crippen molar-refractivity contribution in [3.63, 3.8) is 0 Å². The summed E-state index contributed by atoms with van der Waals surface area (Å²) < 4.78 is 0. The number of halogens is 1. The fraction of sp³-hybridized carbons (Fsp3) is 0.250. The Morgan fingerprint density at radius 3 is 2.57 bits per heavy atom. The van der Waals surface area contributed by atoms with Gasteiger partial charge in [-0.25, -0.2) is 0 Å². The molecule has 7 heteroatoms. The Balaban J connectivity index is 2.19. The van der Waals surface area contributed by atoms with Crippen LogP contribution < -0.4 is 5.32 Å². The third kappa shape index (κ3) is 3.91. The third-order valence-electron chi connectivity index (χ3n) is 3.38. The summed E-state index contributed by atoms with van der Waals surface area (Å²) in [5.41, 5.74) is 0.876. The molecule has 23 heavy (non-hydrogen) atoms. The topological polar surface area (TPSA) is 89.9 Å². The second-order valence-electron chi connectivity index (χ2n) is 4.91. The van der Waals surface area contributed by atoms with E-state index in [1.54, 1.807) is 11.0 Å². The van der Waals surface area contributed by atoms with E-state index < -0.39 is 0 Å². The number of carbonyl (C=O) groups excluding carboxylic acids is 2. The predicted molar refractivity (Wildman–Crippen MR) is 87.3 cm³/mol. The lowest BCUT2D eigenvalue weighted by Gasteiger charge is -2.25. The van der Waals surface area contributed by atoms with Crippen LogP contribution in [0.4, 0.5) is 5.69 Å². The number of allylic oxidation sites excluding steroid dienone is 2. The van der Waals surface area contributed by atoms with Gasteiger partial charge in [0.15, 0.2) is 0 Å². The van der Waals surface area contributed by atoms with E-state index >= 15 is 0 Å². The molecule has 0 aromatic heterocycles. The van der Waals surface area contributed by atoms with Crippen LogP contribution in [0.1, 0.15) is 6.92 Å². The standard InChI is InChI=1S/C16H17ClN2O4/c1-2-19(5-6-20)13-9-15(22)12(8-16(13)23)18-10-3-4-14(21)11(17)7-10/h3-4,7-9,18,20-21H,2,5-6H2,1H3. The number of hydrogen-bond donors (Lipinski definition) is 3. The summed E-state index contributed by atoms with van der Waals surface area (Å²) in [5, 5.41) is 21.4. The molecule has 0 bridgehead atoms. The second-order valence-corrected chi connectivity index (χ2v) is 5.32. The lowest BCUT2D eigenvalue weighted by atomic mass is 10.0. The molecule has 0 fully saturated rings. The number of nitrogens with one attached hydrogen (secondary N) is 1. The Bertz CT molecular complexity index is 697. The molecular formula is C16H17ClN2O4. The van der Waals surface area contributed by atoms with Crippen LogP contribution in [0.5, 0.6) is 5.75 Å². The first-order chi connectivity index (χ1) is 11.0. The van der Waals surface area contributed by atoms with Crippen LogP contribution in [0.2, 0.25) is 5.02 Å². The van der Waals surface area contributed by atoms with Gasteiger partial charge in [-0.05, 0) is 25.1 Å². The maximum atomic E-state index is 12.2. The van der Waals surface area contributed by atoms with Gasteiger partial charge in [0.25, 0.3) is 0 Å². The molecule has 0 radical (unpaired) electrons. The van der Waals surface area contributed by atoms with E-state index in [-0.39, 0.29) is 46.9 Å². The van der Waals surface area contributed by atoms with Crippen LogP contribution in [-0.4, -0.2) is 46.4 Å². The van der Waals surface area contributed by atoms with Crippen molar-refractivity contribution in [1.29, 1.82) is 0 Å². The second kappa shape index (κ2) is 7.30. The number of phenolic OH excluding ortho intramolecular Hbond substituents is 1. The number of benzene rings is 1. The lowest BCUT2D eigenvalue weighted by molar-refractivity contribution is -0.116. The van der Waals surface area contributed by atoms with Crippen LogP contribution in [-0.2, 0) is 9.59 Å². The van der Waals surface area contributed by atoms with E-state index in [0.717, 1.165) is 0 Å². The normalized spacial score (nSPS) is 14.4. The van der Waals surface area contributed by atoms with Crippen molar-refractivity contribution in [3.05, 3.63) is 46.8 Å². The molecule has 0 atom stereocenters. The molecule has 1 aliphatic rings. The Morgan fingerprint density at radius 2 is 1.96 bits per heavy atom. The number of aromatic hydroxyl groups is 1. The SMILES string of the molecule is CCN(CCO)C1=CC(=O)C(Nc2ccc(O)c(Cl)c2)=CC1=O. The van der Waals surface area contributed by atoms with E-state index in [1.807, 2.05) is 6.92 Å². The van der Waals surface area contributed by atoms with Crippen LogP contribution >= 0.6 is 11.6 Å². The zero-order valence-corrected chi connectivity index (χ0v) is 13.3. The van der Waals surface area contributed by atoms with Crippen LogP contribution in [0, 0.1) is 0 Å². The van der Waals surface area contributed by atoms with E-state index in [1.165, 1.54) is 24.3 Å². The number of carbonyl (C=O) groups is 2. The summed E-state index contributed by atoms with van der Waals surface area (Å²) in [7, 11) is 0. The average molecular weight is 337 g/mol. The molecule has 0 saturated carbocycles. The number of likely N-dealkylation sites (N-methyl/N-ethyl adjacent to an activating group) is 1. The molecular weight excluding hydrogens is 320 g/mol. The summed E-state index contributed by atoms with van der Waals surface area (Å²) in [4.78, 5) is 26.1. The van der Waals surface area contributed by atoms with Crippen molar-refractivity contribution in [2.24, 2.45) is 0 Å². The fourth-order valence-corrected chi connectivity index (χ4v) is 2.38. The van der Waals surface area contributed by atoms with Crippen molar-refractivity contribution in [3.8, 4) is 5.75 Å². The van der Waals surface area contributed by atoms with Gasteiger partial charge in [0.05, 0.1) is 23.0 Å². The maximum absolute atomic E-state index is 12.2. The van der Waals surface area contributed by atoms with E-state index in [2.05, 4.69) is 5.32 Å². The molecule has 6 nitrogen and oxygen atoms in total. The molecule has 0 unspecified atom stereocenters. The number of aliphatic hydroxyl groups is 1. The average Bonchev–Trinajstić information content (AvgIpc) is 2.52. The number of rotatable bonds is 6. The van der Waals surface area contributed by atoms with Crippen molar-refractivity contribution in [1.82, 2.24) is 4.90 Å². The lowest BCUT2D eigenvalue weighted by Crippen LogP contribution is -2.33. The van der Waals surface area contributed by atoms with Crippen molar-refractivity contribution < 1.29 is 19.8 Å². The molecule has 3 N–H and O–H groups in total. The van der Waals surface area contributed by atoms with Gasteiger partial charge in [0.2, 0.25) is 11.6 Å². The summed E-state index contributed by atoms with van der Waals surface area (Å²) in [5.74, 6) is -0.727. The van der Waals surface area contributed by atoms with Crippen molar-refractivity contribution in [2.45, 2.75) is 6.92 Å². The number of hydrogen-bond acceptors (Lipinski definition) is 6. The van der Waals surface area contributed by atoms with Gasteiger partial charge in [0, 0.05) is 30.9 Å².